The summed E-state index contributed by atoms with van der Waals surface area (Å²) in [4.78, 5) is 12.4. The number of carbonyl (C=O) groups is 1. The molecule has 1 saturated heterocycles. The zero-order chi connectivity index (χ0) is 11.2. The highest BCUT2D eigenvalue weighted by atomic mass is 16.1. The number of anilines is 1. The number of aldehydes is 1. The van der Waals surface area contributed by atoms with E-state index in [0.717, 1.165) is 31.5 Å². The van der Waals surface area contributed by atoms with E-state index in [4.69, 9.17) is 0 Å². The van der Waals surface area contributed by atoms with Gasteiger partial charge in [0.15, 0.2) is 0 Å². The fourth-order valence-corrected chi connectivity index (χ4v) is 1.97. The molecule has 3 nitrogen and oxygen atoms in total. The molecule has 16 heavy (non-hydrogen) atoms. The van der Waals surface area contributed by atoms with Gasteiger partial charge in [-0.3, -0.25) is 4.79 Å². The van der Waals surface area contributed by atoms with E-state index >= 15 is 0 Å². The van der Waals surface area contributed by atoms with Crippen LogP contribution in [0.4, 0.5) is 5.69 Å². The third-order valence-corrected chi connectivity index (χ3v) is 2.74. The molecule has 3 heteroatoms. The zero-order valence-corrected chi connectivity index (χ0v) is 9.17. The lowest BCUT2D eigenvalue weighted by atomic mass is 10.2. The van der Waals surface area contributed by atoms with Crippen LogP contribution in [0.5, 0.6) is 0 Å². The SMILES string of the molecule is O=CC=CN1CC[C@@H](Nc2ccccc2)C1. The highest BCUT2D eigenvalue weighted by Gasteiger charge is 2.19. The molecule has 0 amide bonds. The summed E-state index contributed by atoms with van der Waals surface area (Å²) in [6, 6.07) is 10.7. The van der Waals surface area contributed by atoms with Crippen molar-refractivity contribution in [3.63, 3.8) is 0 Å². The Morgan fingerprint density at radius 3 is 2.88 bits per heavy atom. The topological polar surface area (TPSA) is 32.3 Å². The Balaban J connectivity index is 1.85. The summed E-state index contributed by atoms with van der Waals surface area (Å²) in [5.74, 6) is 0. The first-order chi connectivity index (χ1) is 7.88. The summed E-state index contributed by atoms with van der Waals surface area (Å²) in [6.45, 7) is 1.97. The molecule has 1 aliphatic rings. The Labute approximate surface area is 95.8 Å². The van der Waals surface area contributed by atoms with Crippen molar-refractivity contribution in [2.75, 3.05) is 18.4 Å². The van der Waals surface area contributed by atoms with Gasteiger partial charge in [-0.2, -0.15) is 0 Å². The van der Waals surface area contributed by atoms with Gasteiger partial charge in [0.2, 0.25) is 0 Å². The quantitative estimate of drug-likeness (QED) is 0.616. The van der Waals surface area contributed by atoms with Gasteiger partial charge in [-0.1, -0.05) is 18.2 Å². The Morgan fingerprint density at radius 2 is 2.12 bits per heavy atom. The summed E-state index contributed by atoms with van der Waals surface area (Å²) in [5.41, 5.74) is 1.16. The first-order valence-electron chi connectivity index (χ1n) is 5.56. The van der Waals surface area contributed by atoms with Crippen LogP contribution in [0.2, 0.25) is 0 Å². The third-order valence-electron chi connectivity index (χ3n) is 2.74. The second-order valence-electron chi connectivity index (χ2n) is 3.97. The number of hydrogen-bond acceptors (Lipinski definition) is 3. The number of nitrogens with one attached hydrogen (secondary N) is 1. The van der Waals surface area contributed by atoms with Crippen LogP contribution in [0.25, 0.3) is 0 Å². The van der Waals surface area contributed by atoms with Crippen LogP contribution < -0.4 is 5.32 Å². The van der Waals surface area contributed by atoms with Gasteiger partial charge >= 0.3 is 0 Å². The van der Waals surface area contributed by atoms with Crippen molar-refractivity contribution in [1.82, 2.24) is 4.90 Å². The minimum Gasteiger partial charge on any atom is -0.380 e. The van der Waals surface area contributed by atoms with Gasteiger partial charge in [-0.15, -0.1) is 0 Å². The molecule has 0 spiro atoms. The van der Waals surface area contributed by atoms with E-state index in [1.165, 1.54) is 0 Å². The summed E-state index contributed by atoms with van der Waals surface area (Å²) in [6.07, 6.45) is 5.33. The van der Waals surface area contributed by atoms with Crippen LogP contribution in [0.3, 0.4) is 0 Å². The van der Waals surface area contributed by atoms with Crippen molar-refractivity contribution in [2.45, 2.75) is 12.5 Å². The second-order valence-corrected chi connectivity index (χ2v) is 3.97. The standard InChI is InChI=1S/C13H16N2O/c16-10-4-8-15-9-7-13(11-15)14-12-5-2-1-3-6-12/h1-6,8,10,13-14H,7,9,11H2/t13-/m1/s1. The Hall–Kier alpha value is -1.77. The molecule has 2 rings (SSSR count). The van der Waals surface area contributed by atoms with Gasteiger partial charge < -0.3 is 10.2 Å². The Bertz CT molecular complexity index is 361. The smallest absolute Gasteiger partial charge is 0.144 e. The maximum absolute atomic E-state index is 10.2. The van der Waals surface area contributed by atoms with Gasteiger partial charge in [0.05, 0.1) is 0 Å². The summed E-state index contributed by atoms with van der Waals surface area (Å²) < 4.78 is 0. The van der Waals surface area contributed by atoms with Gasteiger partial charge in [-0.25, -0.2) is 0 Å². The zero-order valence-electron chi connectivity index (χ0n) is 9.17. The second kappa shape index (κ2) is 5.35. The molecule has 1 fully saturated rings. The lowest BCUT2D eigenvalue weighted by Gasteiger charge is -2.15. The number of hydrogen-bond donors (Lipinski definition) is 1. The Morgan fingerprint density at radius 1 is 1.31 bits per heavy atom. The van der Waals surface area contributed by atoms with E-state index in [1.54, 1.807) is 6.08 Å². The fraction of sp³-hybridized carbons (Fsp3) is 0.308. The van der Waals surface area contributed by atoms with E-state index in [9.17, 15) is 4.79 Å². The molecule has 0 aromatic heterocycles. The molecule has 1 aliphatic heterocycles. The van der Waals surface area contributed by atoms with E-state index in [-0.39, 0.29) is 0 Å². The molecule has 1 atom stereocenters. The molecule has 1 aromatic carbocycles. The molecular formula is C13H16N2O. The molecule has 1 heterocycles. The monoisotopic (exact) mass is 216 g/mol. The Kier molecular flexibility index (Phi) is 3.59. The largest absolute Gasteiger partial charge is 0.380 e. The summed E-state index contributed by atoms with van der Waals surface area (Å²) >= 11 is 0. The van der Waals surface area contributed by atoms with Crippen molar-refractivity contribution >= 4 is 12.0 Å². The average molecular weight is 216 g/mol. The molecule has 0 radical (unpaired) electrons. The number of benzene rings is 1. The van der Waals surface area contributed by atoms with Crippen molar-refractivity contribution in [3.8, 4) is 0 Å². The van der Waals surface area contributed by atoms with Crippen LogP contribution in [0, 0.1) is 0 Å². The van der Waals surface area contributed by atoms with Crippen molar-refractivity contribution in [3.05, 3.63) is 42.6 Å². The van der Waals surface area contributed by atoms with Crippen LogP contribution in [-0.4, -0.2) is 30.3 Å². The number of para-hydroxylation sites is 1. The van der Waals surface area contributed by atoms with Gasteiger partial charge in [0, 0.05) is 31.0 Å². The molecule has 0 aliphatic carbocycles. The molecule has 0 bridgehead atoms. The number of allylic oxidation sites excluding steroid dienone is 1. The van der Waals surface area contributed by atoms with E-state index in [2.05, 4.69) is 22.3 Å². The maximum atomic E-state index is 10.2. The lowest BCUT2D eigenvalue weighted by Crippen LogP contribution is -2.23. The number of likely N-dealkylation sites (tertiary alicyclic amines) is 1. The fourth-order valence-electron chi connectivity index (χ4n) is 1.97. The van der Waals surface area contributed by atoms with E-state index in [1.807, 2.05) is 24.4 Å². The van der Waals surface area contributed by atoms with Gasteiger partial charge in [-0.05, 0) is 24.6 Å². The average Bonchev–Trinajstić information content (AvgIpc) is 2.75. The van der Waals surface area contributed by atoms with Crippen molar-refractivity contribution in [1.29, 1.82) is 0 Å². The molecular weight excluding hydrogens is 200 g/mol. The van der Waals surface area contributed by atoms with Crippen LogP contribution in [0.1, 0.15) is 6.42 Å². The highest BCUT2D eigenvalue weighted by Crippen LogP contribution is 2.15. The number of rotatable bonds is 4. The van der Waals surface area contributed by atoms with Gasteiger partial charge in [0.25, 0.3) is 0 Å². The maximum Gasteiger partial charge on any atom is 0.144 e. The molecule has 1 aromatic rings. The predicted molar refractivity (Wildman–Crippen MR) is 65.2 cm³/mol. The first-order valence-corrected chi connectivity index (χ1v) is 5.56. The van der Waals surface area contributed by atoms with Crippen LogP contribution >= 0.6 is 0 Å². The lowest BCUT2D eigenvalue weighted by molar-refractivity contribution is -0.104. The minimum atomic E-state index is 0.471. The number of carbonyl (C=O) groups excluding carboxylic acids is 1. The van der Waals surface area contributed by atoms with Crippen LogP contribution in [-0.2, 0) is 4.79 Å². The van der Waals surface area contributed by atoms with Gasteiger partial charge in [0.1, 0.15) is 6.29 Å². The molecule has 1 N–H and O–H groups in total. The van der Waals surface area contributed by atoms with Crippen molar-refractivity contribution < 1.29 is 4.79 Å². The summed E-state index contributed by atoms with van der Waals surface area (Å²) in [5, 5.41) is 3.48. The van der Waals surface area contributed by atoms with Crippen molar-refractivity contribution in [2.24, 2.45) is 0 Å². The molecule has 84 valence electrons. The highest BCUT2D eigenvalue weighted by molar-refractivity contribution is 5.64. The summed E-state index contributed by atoms with van der Waals surface area (Å²) in [7, 11) is 0. The first kappa shape index (κ1) is 10.7. The van der Waals surface area contributed by atoms with Crippen LogP contribution in [0.15, 0.2) is 42.6 Å². The van der Waals surface area contributed by atoms with E-state index < -0.39 is 0 Å². The number of nitrogens with zero attached hydrogens (tertiary/aromatic N) is 1. The molecule has 0 unspecified atom stereocenters. The molecule has 0 saturated carbocycles. The minimum absolute atomic E-state index is 0.471. The third kappa shape index (κ3) is 2.86. The normalized spacial score (nSPS) is 20.2. The predicted octanol–water partition coefficient (Wildman–Crippen LogP) is 1.89. The van der Waals surface area contributed by atoms with E-state index in [0.29, 0.717) is 6.04 Å².